The molecule has 25 heavy (non-hydrogen) atoms. The molecule has 1 N–H and O–H groups in total. The third-order valence-electron chi connectivity index (χ3n) is 3.73. The molecule has 1 fully saturated rings. The third-order valence-corrected chi connectivity index (χ3v) is 5.17. The predicted octanol–water partition coefficient (Wildman–Crippen LogP) is 2.07. The van der Waals surface area contributed by atoms with Gasteiger partial charge in [0, 0.05) is 13.0 Å². The van der Waals surface area contributed by atoms with Crippen LogP contribution in [0, 0.1) is 0 Å². The van der Waals surface area contributed by atoms with Crippen molar-refractivity contribution in [2.75, 3.05) is 0 Å². The Hall–Kier alpha value is -2.14. The Morgan fingerprint density at radius 3 is 2.60 bits per heavy atom. The molecule has 0 aliphatic heterocycles. The fourth-order valence-corrected chi connectivity index (χ4v) is 3.45. The zero-order valence-electron chi connectivity index (χ0n) is 13.1. The number of nitrogens with one attached hydrogen (secondary N) is 1. The van der Waals surface area contributed by atoms with E-state index in [4.69, 9.17) is 0 Å². The van der Waals surface area contributed by atoms with Crippen LogP contribution in [0.3, 0.4) is 0 Å². The van der Waals surface area contributed by atoms with Crippen molar-refractivity contribution in [1.82, 2.24) is 19.5 Å². The van der Waals surface area contributed by atoms with E-state index in [-0.39, 0.29) is 6.54 Å². The highest BCUT2D eigenvalue weighted by Crippen LogP contribution is 2.38. The van der Waals surface area contributed by atoms with Crippen LogP contribution in [0.25, 0.3) is 0 Å². The van der Waals surface area contributed by atoms with Gasteiger partial charge in [0.15, 0.2) is 0 Å². The summed E-state index contributed by atoms with van der Waals surface area (Å²) in [6, 6.07) is 4.54. The molecule has 1 saturated carbocycles. The topological polar surface area (TPSA) is 86.1 Å². The first-order valence-electron chi connectivity index (χ1n) is 7.40. The number of benzene rings is 1. The van der Waals surface area contributed by atoms with Gasteiger partial charge in [0.05, 0.1) is 6.54 Å². The van der Waals surface area contributed by atoms with Gasteiger partial charge in [0.25, 0.3) is 0 Å². The third kappa shape index (κ3) is 4.10. The largest absolute Gasteiger partial charge is 0.573 e. The molecule has 1 aliphatic rings. The van der Waals surface area contributed by atoms with Gasteiger partial charge in [-0.05, 0) is 25.0 Å². The predicted molar refractivity (Wildman–Crippen MR) is 80.1 cm³/mol. The summed E-state index contributed by atoms with van der Waals surface area (Å²) in [6.07, 6.45) is -2.96. The SMILES string of the molecule is Cn1c(CNS(=O)(=O)c2ccccc2OC(F)(F)F)nnc1C1CC1. The maximum absolute atomic E-state index is 12.4. The fraction of sp³-hybridized carbons (Fsp3) is 0.429. The van der Waals surface area contributed by atoms with Crippen LogP contribution in [-0.2, 0) is 23.6 Å². The van der Waals surface area contributed by atoms with Gasteiger partial charge in [-0.15, -0.1) is 23.4 Å². The molecule has 1 aromatic heterocycles. The van der Waals surface area contributed by atoms with E-state index in [0.717, 1.165) is 30.8 Å². The number of nitrogens with zero attached hydrogens (tertiary/aromatic N) is 3. The zero-order chi connectivity index (χ0) is 18.2. The first-order chi connectivity index (χ1) is 11.7. The van der Waals surface area contributed by atoms with Crippen molar-refractivity contribution in [2.24, 2.45) is 7.05 Å². The molecule has 2 aromatic rings. The average molecular weight is 376 g/mol. The molecule has 7 nitrogen and oxygen atoms in total. The molecule has 11 heteroatoms. The molecule has 0 atom stereocenters. The second-order valence-electron chi connectivity index (χ2n) is 5.63. The van der Waals surface area contributed by atoms with Crippen LogP contribution < -0.4 is 9.46 Å². The van der Waals surface area contributed by atoms with Gasteiger partial charge in [-0.1, -0.05) is 12.1 Å². The highest BCUT2D eigenvalue weighted by Gasteiger charge is 2.34. The molecule has 136 valence electrons. The Bertz CT molecular complexity index is 876. The summed E-state index contributed by atoms with van der Waals surface area (Å²) < 4.78 is 69.7. The summed E-state index contributed by atoms with van der Waals surface area (Å²) in [5.74, 6) is 0.692. The Morgan fingerprint density at radius 2 is 1.96 bits per heavy atom. The number of ether oxygens (including phenoxy) is 1. The van der Waals surface area contributed by atoms with E-state index in [9.17, 15) is 21.6 Å². The van der Waals surface area contributed by atoms with Crippen molar-refractivity contribution < 1.29 is 26.3 Å². The number of aromatic nitrogens is 3. The lowest BCUT2D eigenvalue weighted by atomic mass is 10.3. The van der Waals surface area contributed by atoms with Crippen molar-refractivity contribution in [3.63, 3.8) is 0 Å². The lowest BCUT2D eigenvalue weighted by molar-refractivity contribution is -0.275. The number of hydrogen-bond donors (Lipinski definition) is 1. The molecule has 3 rings (SSSR count). The van der Waals surface area contributed by atoms with E-state index in [1.807, 2.05) is 0 Å². The van der Waals surface area contributed by atoms with E-state index in [0.29, 0.717) is 11.7 Å². The number of rotatable bonds is 6. The molecular formula is C14H15F3N4O3S. The number of alkyl halides is 3. The molecule has 0 bridgehead atoms. The lowest BCUT2D eigenvalue weighted by Crippen LogP contribution is -2.26. The minimum Gasteiger partial charge on any atom is -0.404 e. The summed E-state index contributed by atoms with van der Waals surface area (Å²) in [6.45, 7) is -0.196. The minimum absolute atomic E-state index is 0.196. The van der Waals surface area contributed by atoms with E-state index in [1.165, 1.54) is 12.1 Å². The Morgan fingerprint density at radius 1 is 1.28 bits per heavy atom. The molecule has 0 saturated heterocycles. The second-order valence-corrected chi connectivity index (χ2v) is 7.36. The van der Waals surface area contributed by atoms with Crippen LogP contribution in [0.5, 0.6) is 5.75 Å². The average Bonchev–Trinajstić information content (AvgIpc) is 3.28. The molecule has 0 radical (unpaired) electrons. The Labute approximate surface area is 141 Å². The van der Waals surface area contributed by atoms with Crippen LogP contribution in [0.15, 0.2) is 29.2 Å². The monoisotopic (exact) mass is 376 g/mol. The standard InChI is InChI=1S/C14H15F3N4O3S/c1-21-12(19-20-13(21)9-6-7-9)8-18-25(22,23)11-5-3-2-4-10(11)24-14(15,16)17/h2-5,9,18H,6-8H2,1H3. The highest BCUT2D eigenvalue weighted by atomic mass is 32.2. The number of hydrogen-bond acceptors (Lipinski definition) is 5. The molecule has 0 spiro atoms. The second kappa shape index (κ2) is 6.30. The lowest BCUT2D eigenvalue weighted by Gasteiger charge is -2.13. The number of halogens is 3. The van der Waals surface area contributed by atoms with Crippen LogP contribution in [0.4, 0.5) is 13.2 Å². The van der Waals surface area contributed by atoms with E-state index in [2.05, 4.69) is 19.7 Å². The zero-order valence-corrected chi connectivity index (χ0v) is 13.9. The van der Waals surface area contributed by atoms with Crippen molar-refractivity contribution in [3.8, 4) is 5.75 Å². The highest BCUT2D eigenvalue weighted by molar-refractivity contribution is 7.89. The maximum atomic E-state index is 12.4. The van der Waals surface area contributed by atoms with Crippen molar-refractivity contribution in [2.45, 2.75) is 36.6 Å². The van der Waals surface area contributed by atoms with E-state index in [1.54, 1.807) is 11.6 Å². The molecule has 1 heterocycles. The Kier molecular flexibility index (Phi) is 4.45. The summed E-state index contributed by atoms with van der Waals surface area (Å²) in [7, 11) is -2.51. The van der Waals surface area contributed by atoms with E-state index >= 15 is 0 Å². The van der Waals surface area contributed by atoms with Gasteiger partial charge < -0.3 is 9.30 Å². The smallest absolute Gasteiger partial charge is 0.404 e. The molecule has 0 amide bonds. The summed E-state index contributed by atoms with van der Waals surface area (Å²) in [5, 5.41) is 7.95. The maximum Gasteiger partial charge on any atom is 0.573 e. The van der Waals surface area contributed by atoms with Gasteiger partial charge in [-0.3, -0.25) is 0 Å². The minimum atomic E-state index is -4.99. The number of sulfonamides is 1. The molecule has 0 unspecified atom stereocenters. The molecular weight excluding hydrogens is 361 g/mol. The van der Waals surface area contributed by atoms with Gasteiger partial charge >= 0.3 is 6.36 Å². The van der Waals surface area contributed by atoms with Gasteiger partial charge in [0.1, 0.15) is 22.3 Å². The van der Waals surface area contributed by atoms with Crippen molar-refractivity contribution in [3.05, 3.63) is 35.9 Å². The first-order valence-corrected chi connectivity index (χ1v) is 8.88. The first kappa shape index (κ1) is 17.7. The van der Waals surface area contributed by atoms with Crippen molar-refractivity contribution in [1.29, 1.82) is 0 Å². The molecule has 1 aliphatic carbocycles. The Balaban J connectivity index is 1.78. The normalized spacial score (nSPS) is 15.4. The summed E-state index contributed by atoms with van der Waals surface area (Å²) in [4.78, 5) is -0.600. The summed E-state index contributed by atoms with van der Waals surface area (Å²) in [5.41, 5.74) is 0. The van der Waals surface area contributed by atoms with Gasteiger partial charge in [0.2, 0.25) is 10.0 Å². The van der Waals surface area contributed by atoms with Crippen molar-refractivity contribution >= 4 is 10.0 Å². The van der Waals surface area contributed by atoms with Crippen LogP contribution in [0.2, 0.25) is 0 Å². The quantitative estimate of drug-likeness (QED) is 0.834. The fourth-order valence-electron chi connectivity index (χ4n) is 2.34. The van der Waals surface area contributed by atoms with Crippen LogP contribution in [-0.4, -0.2) is 29.5 Å². The van der Waals surface area contributed by atoms with Gasteiger partial charge in [-0.2, -0.15) is 0 Å². The molecule has 1 aromatic carbocycles. The van der Waals surface area contributed by atoms with Crippen LogP contribution >= 0.6 is 0 Å². The van der Waals surface area contributed by atoms with E-state index < -0.39 is 27.0 Å². The summed E-state index contributed by atoms with van der Waals surface area (Å²) >= 11 is 0. The number of para-hydroxylation sites is 1. The van der Waals surface area contributed by atoms with Crippen LogP contribution in [0.1, 0.15) is 30.4 Å². The van der Waals surface area contributed by atoms with Gasteiger partial charge in [-0.25, -0.2) is 13.1 Å².